The van der Waals surface area contributed by atoms with Crippen LogP contribution < -0.4 is 4.74 Å². The molecule has 0 heterocycles. The number of hydrogen-bond donors (Lipinski definition) is 0. The molecule has 0 aliphatic rings. The normalized spacial score (nSPS) is 12.3. The molecule has 1 atom stereocenters. The van der Waals surface area contributed by atoms with Crippen LogP contribution in [-0.2, 0) is 11.2 Å². The second-order valence-corrected chi connectivity index (χ2v) is 5.26. The summed E-state index contributed by atoms with van der Waals surface area (Å²) in [7, 11) is 0. The predicted molar refractivity (Wildman–Crippen MR) is 75.5 cm³/mol. The topological polar surface area (TPSA) is 26.3 Å². The van der Waals surface area contributed by atoms with Gasteiger partial charge in [0.25, 0.3) is 0 Å². The van der Waals surface area contributed by atoms with Crippen molar-refractivity contribution in [2.75, 3.05) is 6.61 Å². The summed E-state index contributed by atoms with van der Waals surface area (Å²) in [4.78, 5) is 11.1. The van der Waals surface area contributed by atoms with Gasteiger partial charge in [0, 0.05) is 11.4 Å². The number of ether oxygens (including phenoxy) is 1. The van der Waals surface area contributed by atoms with Crippen molar-refractivity contribution >= 4 is 17.4 Å². The van der Waals surface area contributed by atoms with E-state index in [0.29, 0.717) is 18.9 Å². The first-order chi connectivity index (χ1) is 8.43. The number of ketones is 1. The first-order valence-corrected chi connectivity index (χ1v) is 6.73. The predicted octanol–water partition coefficient (Wildman–Crippen LogP) is 4.20. The minimum absolute atomic E-state index is 0.221. The highest BCUT2D eigenvalue weighted by Crippen LogP contribution is 2.29. The van der Waals surface area contributed by atoms with E-state index in [1.54, 1.807) is 6.92 Å². The Balaban J connectivity index is 2.91. The Morgan fingerprint density at radius 3 is 2.67 bits per heavy atom. The van der Waals surface area contributed by atoms with Gasteiger partial charge in [0.2, 0.25) is 0 Å². The minimum atomic E-state index is 0.221. The van der Waals surface area contributed by atoms with Crippen molar-refractivity contribution in [2.24, 2.45) is 5.92 Å². The maximum Gasteiger partial charge on any atom is 0.130 e. The third kappa shape index (κ3) is 4.34. The van der Waals surface area contributed by atoms with Gasteiger partial charge in [-0.3, -0.25) is 0 Å². The van der Waals surface area contributed by atoms with Crippen LogP contribution in [-0.4, -0.2) is 12.4 Å². The number of benzene rings is 1. The molecule has 0 N–H and O–H groups in total. The van der Waals surface area contributed by atoms with Crippen molar-refractivity contribution in [3.63, 3.8) is 0 Å². The van der Waals surface area contributed by atoms with Gasteiger partial charge < -0.3 is 9.53 Å². The molecular formula is C15H21ClO2. The summed E-state index contributed by atoms with van der Waals surface area (Å²) in [5.74, 6) is 1.41. The minimum Gasteiger partial charge on any atom is -0.494 e. The fourth-order valence-corrected chi connectivity index (χ4v) is 2.27. The van der Waals surface area contributed by atoms with Gasteiger partial charge in [0.1, 0.15) is 11.5 Å². The van der Waals surface area contributed by atoms with Gasteiger partial charge in [0.15, 0.2) is 0 Å². The maximum absolute atomic E-state index is 11.1. The quantitative estimate of drug-likeness (QED) is 0.773. The van der Waals surface area contributed by atoms with E-state index >= 15 is 0 Å². The fourth-order valence-electron chi connectivity index (χ4n) is 2.08. The van der Waals surface area contributed by atoms with E-state index in [9.17, 15) is 4.79 Å². The third-order valence-electron chi connectivity index (χ3n) is 2.85. The molecule has 1 aromatic rings. The zero-order valence-electron chi connectivity index (χ0n) is 11.5. The number of carbonyl (C=O) groups excluding carboxylic acids is 1. The molecule has 0 spiro atoms. The van der Waals surface area contributed by atoms with Crippen molar-refractivity contribution in [1.29, 1.82) is 0 Å². The van der Waals surface area contributed by atoms with Gasteiger partial charge in [-0.05, 0) is 56.4 Å². The second-order valence-electron chi connectivity index (χ2n) is 4.86. The van der Waals surface area contributed by atoms with E-state index in [1.165, 1.54) is 0 Å². The standard InChI is InChI=1S/C15H21ClO2/c1-5-18-15-8-11(3)14(16)9-13(15)7-10(2)6-12(4)17/h8-10H,5-7H2,1-4H3. The Morgan fingerprint density at radius 1 is 1.44 bits per heavy atom. The lowest BCUT2D eigenvalue weighted by atomic mass is 9.95. The van der Waals surface area contributed by atoms with Crippen molar-refractivity contribution in [3.05, 3.63) is 28.3 Å². The third-order valence-corrected chi connectivity index (χ3v) is 3.25. The molecule has 100 valence electrons. The molecule has 0 fully saturated rings. The second kappa shape index (κ2) is 6.79. The highest BCUT2D eigenvalue weighted by atomic mass is 35.5. The molecule has 1 aromatic carbocycles. The summed E-state index contributed by atoms with van der Waals surface area (Å²) in [6.45, 7) is 8.27. The molecule has 0 aliphatic carbocycles. The van der Waals surface area contributed by atoms with Crippen LogP contribution in [0.3, 0.4) is 0 Å². The lowest BCUT2D eigenvalue weighted by Gasteiger charge is -2.15. The maximum atomic E-state index is 11.1. The Hall–Kier alpha value is -1.02. The fraction of sp³-hybridized carbons (Fsp3) is 0.533. The Labute approximate surface area is 114 Å². The molecule has 0 bridgehead atoms. The lowest BCUT2D eigenvalue weighted by molar-refractivity contribution is -0.117. The average molecular weight is 269 g/mol. The smallest absolute Gasteiger partial charge is 0.130 e. The number of carbonyl (C=O) groups is 1. The molecule has 1 unspecified atom stereocenters. The van der Waals surface area contributed by atoms with Crippen LogP contribution in [0.25, 0.3) is 0 Å². The molecule has 1 rings (SSSR count). The van der Waals surface area contributed by atoms with Crippen molar-refractivity contribution in [1.82, 2.24) is 0 Å². The highest BCUT2D eigenvalue weighted by Gasteiger charge is 2.12. The first-order valence-electron chi connectivity index (χ1n) is 6.35. The zero-order valence-corrected chi connectivity index (χ0v) is 12.3. The van der Waals surface area contributed by atoms with Crippen LogP contribution in [0.4, 0.5) is 0 Å². The van der Waals surface area contributed by atoms with Crippen LogP contribution in [0.2, 0.25) is 5.02 Å². The largest absolute Gasteiger partial charge is 0.494 e. The van der Waals surface area contributed by atoms with Crippen molar-refractivity contribution in [2.45, 2.75) is 40.5 Å². The number of halogens is 1. The van der Waals surface area contributed by atoms with Gasteiger partial charge >= 0.3 is 0 Å². The summed E-state index contributed by atoms with van der Waals surface area (Å²) in [6.07, 6.45) is 1.41. The monoisotopic (exact) mass is 268 g/mol. The van der Waals surface area contributed by atoms with Crippen LogP contribution in [0.15, 0.2) is 12.1 Å². The molecule has 0 amide bonds. The van der Waals surface area contributed by atoms with E-state index in [2.05, 4.69) is 6.92 Å². The molecule has 0 aromatic heterocycles. The van der Waals surface area contributed by atoms with Gasteiger partial charge in [-0.2, -0.15) is 0 Å². The summed E-state index contributed by atoms with van der Waals surface area (Å²) in [6, 6.07) is 3.93. The molecule has 0 saturated heterocycles. The van der Waals surface area contributed by atoms with E-state index in [1.807, 2.05) is 26.0 Å². The van der Waals surface area contributed by atoms with Crippen LogP contribution in [0.5, 0.6) is 5.75 Å². The molecule has 2 nitrogen and oxygen atoms in total. The van der Waals surface area contributed by atoms with E-state index < -0.39 is 0 Å². The summed E-state index contributed by atoms with van der Waals surface area (Å²) >= 11 is 6.15. The van der Waals surface area contributed by atoms with E-state index in [4.69, 9.17) is 16.3 Å². The first kappa shape index (κ1) is 15.0. The zero-order chi connectivity index (χ0) is 13.7. The van der Waals surface area contributed by atoms with E-state index in [-0.39, 0.29) is 5.78 Å². The molecule has 0 saturated carbocycles. The lowest BCUT2D eigenvalue weighted by Crippen LogP contribution is -2.07. The summed E-state index contributed by atoms with van der Waals surface area (Å²) < 4.78 is 5.64. The van der Waals surface area contributed by atoms with Crippen LogP contribution >= 0.6 is 11.6 Å². The SMILES string of the molecule is CCOc1cc(C)c(Cl)cc1CC(C)CC(C)=O. The number of rotatable bonds is 6. The van der Waals surface area contributed by atoms with Crippen LogP contribution in [0, 0.1) is 12.8 Å². The Morgan fingerprint density at radius 2 is 2.11 bits per heavy atom. The average Bonchev–Trinajstić information content (AvgIpc) is 2.24. The van der Waals surface area contributed by atoms with Gasteiger partial charge in [-0.15, -0.1) is 0 Å². The molecule has 18 heavy (non-hydrogen) atoms. The summed E-state index contributed by atoms with van der Waals surface area (Å²) in [5, 5.41) is 0.753. The Kier molecular flexibility index (Phi) is 5.67. The number of Topliss-reactive ketones (excluding diaryl/α,β-unsaturated/α-hetero) is 1. The van der Waals surface area contributed by atoms with Gasteiger partial charge in [-0.1, -0.05) is 18.5 Å². The summed E-state index contributed by atoms with van der Waals surface area (Å²) in [5.41, 5.74) is 2.10. The van der Waals surface area contributed by atoms with Gasteiger partial charge in [0.05, 0.1) is 6.61 Å². The molecular weight excluding hydrogens is 248 g/mol. The molecule has 0 radical (unpaired) electrons. The molecule has 3 heteroatoms. The highest BCUT2D eigenvalue weighted by molar-refractivity contribution is 6.31. The Bertz CT molecular complexity index is 427. The van der Waals surface area contributed by atoms with Gasteiger partial charge in [-0.25, -0.2) is 0 Å². The number of aryl methyl sites for hydroxylation is 1. The molecule has 0 aliphatic heterocycles. The van der Waals surface area contributed by atoms with Crippen molar-refractivity contribution < 1.29 is 9.53 Å². The van der Waals surface area contributed by atoms with E-state index in [0.717, 1.165) is 28.3 Å². The van der Waals surface area contributed by atoms with Crippen molar-refractivity contribution in [3.8, 4) is 5.75 Å². The number of hydrogen-bond acceptors (Lipinski definition) is 2. The van der Waals surface area contributed by atoms with Crippen LogP contribution in [0.1, 0.15) is 38.3 Å².